The molecule has 0 aliphatic carbocycles. The maximum absolute atomic E-state index is 5.77. The minimum atomic E-state index is -0.0842. The van der Waals surface area contributed by atoms with Crippen LogP contribution in [0.3, 0.4) is 0 Å². The number of halogens is 1. The highest BCUT2D eigenvalue weighted by Crippen LogP contribution is 2.24. The van der Waals surface area contributed by atoms with Crippen molar-refractivity contribution in [2.75, 3.05) is 26.2 Å². The van der Waals surface area contributed by atoms with E-state index in [1.165, 1.54) is 0 Å². The fourth-order valence-electron chi connectivity index (χ4n) is 2.44. The molecule has 1 fully saturated rings. The predicted octanol–water partition coefficient (Wildman–Crippen LogP) is 2.02. The molecule has 1 aliphatic heterocycles. The minimum absolute atomic E-state index is 0. The summed E-state index contributed by atoms with van der Waals surface area (Å²) in [6, 6.07) is 0. The standard InChI is InChI=1S/C15H27N5O.HI/c1-3-17-14(19-12-15(2)6-4-11-21-15)18-7-5-9-20-10-8-16-13-20;/h8,10,13H,3-7,9,11-12H2,1-2H3,(H2,17,18,19);1H. The lowest BCUT2D eigenvalue weighted by atomic mass is 10.0. The van der Waals surface area contributed by atoms with Crippen molar-refractivity contribution in [2.24, 2.45) is 4.99 Å². The Morgan fingerprint density at radius 3 is 2.95 bits per heavy atom. The summed E-state index contributed by atoms with van der Waals surface area (Å²) in [6.45, 7) is 8.52. The van der Waals surface area contributed by atoms with Crippen LogP contribution in [0.1, 0.15) is 33.1 Å². The number of hydrogen-bond acceptors (Lipinski definition) is 3. The van der Waals surface area contributed by atoms with Gasteiger partial charge in [-0.3, -0.25) is 4.99 Å². The Morgan fingerprint density at radius 1 is 1.45 bits per heavy atom. The van der Waals surface area contributed by atoms with Gasteiger partial charge in [0.05, 0.1) is 18.5 Å². The van der Waals surface area contributed by atoms with E-state index in [2.05, 4.69) is 39.0 Å². The minimum Gasteiger partial charge on any atom is -0.373 e. The summed E-state index contributed by atoms with van der Waals surface area (Å²) in [5.74, 6) is 0.875. The number of ether oxygens (including phenoxy) is 1. The van der Waals surface area contributed by atoms with E-state index in [0.717, 1.165) is 51.5 Å². The zero-order chi connectivity index (χ0) is 15.0. The molecule has 1 aromatic rings. The maximum atomic E-state index is 5.77. The Morgan fingerprint density at radius 2 is 2.32 bits per heavy atom. The SMILES string of the molecule is CCNC(=NCC1(C)CCCO1)NCCCn1ccnc1.I. The number of aliphatic imine (C=N–C) groups is 1. The van der Waals surface area contributed by atoms with Gasteiger partial charge in [0.2, 0.25) is 0 Å². The molecule has 2 rings (SSSR count). The molecule has 1 unspecified atom stereocenters. The largest absolute Gasteiger partial charge is 0.373 e. The number of aryl methyl sites for hydroxylation is 1. The lowest BCUT2D eigenvalue weighted by Crippen LogP contribution is -2.39. The van der Waals surface area contributed by atoms with Gasteiger partial charge in [0.1, 0.15) is 0 Å². The van der Waals surface area contributed by atoms with Crippen LogP contribution in [-0.2, 0) is 11.3 Å². The Balaban J connectivity index is 0.00000242. The molecule has 0 amide bonds. The van der Waals surface area contributed by atoms with Crippen molar-refractivity contribution in [1.29, 1.82) is 0 Å². The lowest BCUT2D eigenvalue weighted by molar-refractivity contribution is 0.0283. The lowest BCUT2D eigenvalue weighted by Gasteiger charge is -2.21. The van der Waals surface area contributed by atoms with Crippen molar-refractivity contribution in [3.63, 3.8) is 0 Å². The highest BCUT2D eigenvalue weighted by molar-refractivity contribution is 14.0. The van der Waals surface area contributed by atoms with Crippen LogP contribution in [0.4, 0.5) is 0 Å². The maximum Gasteiger partial charge on any atom is 0.191 e. The van der Waals surface area contributed by atoms with E-state index >= 15 is 0 Å². The van der Waals surface area contributed by atoms with Gasteiger partial charge >= 0.3 is 0 Å². The highest BCUT2D eigenvalue weighted by atomic mass is 127. The van der Waals surface area contributed by atoms with Gasteiger partial charge in [-0.1, -0.05) is 0 Å². The summed E-state index contributed by atoms with van der Waals surface area (Å²) in [5, 5.41) is 6.66. The third kappa shape index (κ3) is 6.51. The second-order valence-corrected chi connectivity index (χ2v) is 5.68. The Labute approximate surface area is 150 Å². The van der Waals surface area contributed by atoms with Crippen LogP contribution in [0.5, 0.6) is 0 Å². The first-order chi connectivity index (χ1) is 10.2. The molecule has 22 heavy (non-hydrogen) atoms. The average Bonchev–Trinajstić information content (AvgIpc) is 3.13. The van der Waals surface area contributed by atoms with Crippen molar-refractivity contribution in [3.8, 4) is 0 Å². The normalized spacial score (nSPS) is 21.5. The Kier molecular flexibility index (Phi) is 8.77. The number of guanidine groups is 1. The number of hydrogen-bond donors (Lipinski definition) is 2. The van der Waals surface area contributed by atoms with E-state index in [9.17, 15) is 0 Å². The van der Waals surface area contributed by atoms with E-state index < -0.39 is 0 Å². The smallest absolute Gasteiger partial charge is 0.191 e. The van der Waals surface area contributed by atoms with E-state index in [4.69, 9.17) is 4.74 Å². The Hall–Kier alpha value is -0.830. The molecule has 2 heterocycles. The van der Waals surface area contributed by atoms with Crippen LogP contribution in [0.15, 0.2) is 23.7 Å². The second-order valence-electron chi connectivity index (χ2n) is 5.68. The number of nitrogens with zero attached hydrogens (tertiary/aromatic N) is 3. The molecule has 1 atom stereocenters. The first-order valence-electron chi connectivity index (χ1n) is 7.84. The van der Waals surface area contributed by atoms with Gasteiger partial charge in [-0.25, -0.2) is 4.98 Å². The summed E-state index contributed by atoms with van der Waals surface area (Å²) < 4.78 is 7.85. The predicted molar refractivity (Wildman–Crippen MR) is 99.8 cm³/mol. The van der Waals surface area contributed by atoms with Gasteiger partial charge in [0.15, 0.2) is 5.96 Å². The molecule has 7 heteroatoms. The van der Waals surface area contributed by atoms with Crippen LogP contribution in [0, 0.1) is 0 Å². The van der Waals surface area contributed by atoms with E-state index in [0.29, 0.717) is 6.54 Å². The summed E-state index contributed by atoms with van der Waals surface area (Å²) in [7, 11) is 0. The summed E-state index contributed by atoms with van der Waals surface area (Å²) in [4.78, 5) is 8.69. The summed E-state index contributed by atoms with van der Waals surface area (Å²) in [6.07, 6.45) is 8.91. The quantitative estimate of drug-likeness (QED) is 0.306. The number of aromatic nitrogens is 2. The van der Waals surface area contributed by atoms with Crippen LogP contribution >= 0.6 is 24.0 Å². The molecule has 0 aromatic carbocycles. The molecule has 0 bridgehead atoms. The molecule has 1 aromatic heterocycles. The third-order valence-corrected chi connectivity index (χ3v) is 3.66. The molecular formula is C15H28IN5O. The van der Waals surface area contributed by atoms with Crippen molar-refractivity contribution in [2.45, 2.75) is 45.3 Å². The average molecular weight is 421 g/mol. The molecule has 0 spiro atoms. The van der Waals surface area contributed by atoms with Crippen molar-refractivity contribution in [3.05, 3.63) is 18.7 Å². The fraction of sp³-hybridized carbons (Fsp3) is 0.733. The van der Waals surface area contributed by atoms with Gasteiger partial charge in [-0.15, -0.1) is 24.0 Å². The van der Waals surface area contributed by atoms with Crippen LogP contribution < -0.4 is 10.6 Å². The number of nitrogens with one attached hydrogen (secondary N) is 2. The number of imidazole rings is 1. The molecule has 1 aliphatic rings. The second kappa shape index (κ2) is 10.0. The summed E-state index contributed by atoms with van der Waals surface area (Å²) in [5.41, 5.74) is -0.0842. The van der Waals surface area contributed by atoms with Crippen LogP contribution in [-0.4, -0.2) is 47.4 Å². The van der Waals surface area contributed by atoms with Crippen molar-refractivity contribution >= 4 is 29.9 Å². The highest BCUT2D eigenvalue weighted by Gasteiger charge is 2.29. The Bertz CT molecular complexity index is 429. The van der Waals surface area contributed by atoms with Gasteiger partial charge in [-0.2, -0.15) is 0 Å². The zero-order valence-corrected chi connectivity index (χ0v) is 15.9. The van der Waals surface area contributed by atoms with Gasteiger partial charge in [0, 0.05) is 38.6 Å². The van der Waals surface area contributed by atoms with Gasteiger partial charge in [0.25, 0.3) is 0 Å². The van der Waals surface area contributed by atoms with E-state index in [-0.39, 0.29) is 29.6 Å². The van der Waals surface area contributed by atoms with Gasteiger partial charge in [-0.05, 0) is 33.1 Å². The van der Waals surface area contributed by atoms with Gasteiger partial charge < -0.3 is 19.9 Å². The fourth-order valence-corrected chi connectivity index (χ4v) is 2.44. The molecule has 2 N–H and O–H groups in total. The monoisotopic (exact) mass is 421 g/mol. The third-order valence-electron chi connectivity index (χ3n) is 3.66. The zero-order valence-electron chi connectivity index (χ0n) is 13.5. The van der Waals surface area contributed by atoms with Crippen LogP contribution in [0.25, 0.3) is 0 Å². The van der Waals surface area contributed by atoms with Crippen LogP contribution in [0.2, 0.25) is 0 Å². The molecular weight excluding hydrogens is 393 g/mol. The van der Waals surface area contributed by atoms with Crippen molar-refractivity contribution in [1.82, 2.24) is 20.2 Å². The van der Waals surface area contributed by atoms with Crippen molar-refractivity contribution < 1.29 is 4.74 Å². The first kappa shape index (κ1) is 19.2. The molecule has 0 radical (unpaired) electrons. The summed E-state index contributed by atoms with van der Waals surface area (Å²) >= 11 is 0. The topological polar surface area (TPSA) is 63.5 Å². The number of rotatable bonds is 7. The van der Waals surface area contributed by atoms with E-state index in [1.54, 1.807) is 6.20 Å². The molecule has 126 valence electrons. The molecule has 0 saturated carbocycles. The first-order valence-corrected chi connectivity index (χ1v) is 7.84. The molecule has 1 saturated heterocycles. The van der Waals surface area contributed by atoms with E-state index in [1.807, 2.05) is 12.5 Å². The molecule has 6 nitrogen and oxygen atoms in total.